The van der Waals surface area contributed by atoms with Crippen LogP contribution >= 0.6 is 15.9 Å². The van der Waals surface area contributed by atoms with Gasteiger partial charge in [0.1, 0.15) is 63.6 Å². The number of hydrogen-bond acceptors (Lipinski definition) is 13. The third kappa shape index (κ3) is 24.2. The summed E-state index contributed by atoms with van der Waals surface area (Å²) in [6.07, 6.45) is 5.10. The maximum absolute atomic E-state index is 14.0. The normalized spacial score (nSPS) is 12.0. The van der Waals surface area contributed by atoms with Gasteiger partial charge in [0.25, 0.3) is 17.7 Å². The molecule has 0 saturated carbocycles. The molecule has 0 fully saturated rings. The highest BCUT2D eigenvalue weighted by Gasteiger charge is 2.28. The predicted octanol–water partition coefficient (Wildman–Crippen LogP) is 12.6. The molecule has 3 amide bonds. The van der Waals surface area contributed by atoms with Crippen molar-refractivity contribution in [3.63, 3.8) is 0 Å². The average molecular weight is 1440 g/mol. The summed E-state index contributed by atoms with van der Waals surface area (Å²) in [7, 11) is -1.74. The van der Waals surface area contributed by atoms with Gasteiger partial charge in [-0.25, -0.2) is 39.5 Å². The van der Waals surface area contributed by atoms with Crippen LogP contribution in [-0.2, 0) is 38.3 Å². The lowest BCUT2D eigenvalue weighted by molar-refractivity contribution is -0.156. The third-order valence-electron chi connectivity index (χ3n) is 14.1. The highest BCUT2D eigenvalue weighted by atomic mass is 79.9. The van der Waals surface area contributed by atoms with E-state index >= 15 is 0 Å². The summed E-state index contributed by atoms with van der Waals surface area (Å²) < 4.78 is 134. The van der Waals surface area contributed by atoms with Crippen molar-refractivity contribution < 1.29 is 83.0 Å². The van der Waals surface area contributed by atoms with E-state index in [-0.39, 0.29) is 66.1 Å². The number of benzene rings is 6. The summed E-state index contributed by atoms with van der Waals surface area (Å²) in [5, 5.41) is 17.4. The number of primary amides is 3. The molecule has 99 heavy (non-hydrogen) atoms. The Kier molecular flexibility index (Phi) is 27.5. The summed E-state index contributed by atoms with van der Waals surface area (Å²) in [5.41, 5.74) is 24.1. The first-order valence-corrected chi connectivity index (χ1v) is 30.9. The van der Waals surface area contributed by atoms with E-state index in [2.05, 4.69) is 30.9 Å². The molecule has 3 aromatic heterocycles. The molecule has 27 heteroatoms. The molecule has 3 atom stereocenters. The number of rotatable bonds is 19. The second kappa shape index (κ2) is 34.9. The Morgan fingerprint density at radius 2 is 0.788 bits per heavy atom. The van der Waals surface area contributed by atoms with Crippen molar-refractivity contribution in [2.75, 3.05) is 0 Å². The molecule has 518 valence electrons. The zero-order valence-corrected chi connectivity index (χ0v) is 55.7. The van der Waals surface area contributed by atoms with E-state index in [9.17, 15) is 63.5 Å². The number of aromatic nitrogens is 3. The topological polar surface area (TPSA) is 287 Å². The van der Waals surface area contributed by atoms with Gasteiger partial charge >= 0.3 is 19.1 Å². The number of nitrogens with zero attached hydrogens (tertiary/aromatic N) is 3. The molecule has 9 aromatic rings. The Bertz CT molecular complexity index is 4330. The number of hydrogen-bond donors (Lipinski definition) is 6. The summed E-state index contributed by atoms with van der Waals surface area (Å²) in [5.74, 6) is -11.1. The number of carbonyl (C=O) groups excluding carboxylic acids is 5. The van der Waals surface area contributed by atoms with Crippen molar-refractivity contribution in [3.05, 3.63) is 271 Å². The smallest absolute Gasteiger partial charge is 0.460 e. The minimum absolute atomic E-state index is 0.0233. The van der Waals surface area contributed by atoms with Gasteiger partial charge in [0, 0.05) is 64.2 Å². The quantitative estimate of drug-likeness (QED) is 0.0250. The number of carbonyl (C=O) groups is 5. The van der Waals surface area contributed by atoms with Gasteiger partial charge in [0.2, 0.25) is 0 Å². The maximum Gasteiger partial charge on any atom is 0.488 e. The van der Waals surface area contributed by atoms with E-state index in [1.54, 1.807) is 78.1 Å². The van der Waals surface area contributed by atoms with Crippen LogP contribution in [0.5, 0.6) is 0 Å². The Morgan fingerprint density at radius 1 is 0.455 bits per heavy atom. The molecule has 0 unspecified atom stereocenters. The fraction of sp³-hybridized carbons (Fsp3) is 0.222. The van der Waals surface area contributed by atoms with Gasteiger partial charge in [-0.05, 0) is 207 Å². The van der Waals surface area contributed by atoms with Crippen molar-refractivity contribution in [1.29, 1.82) is 0 Å². The van der Waals surface area contributed by atoms with Gasteiger partial charge < -0.3 is 42.5 Å². The number of ether oxygens (including phenoxy) is 2. The highest BCUT2D eigenvalue weighted by Crippen LogP contribution is 2.36. The molecule has 3 heterocycles. The van der Waals surface area contributed by atoms with Gasteiger partial charge in [0.15, 0.2) is 0 Å². The van der Waals surface area contributed by atoms with Crippen LogP contribution < -0.4 is 28.4 Å². The number of nitrogens with two attached hydrogens (primary N) is 4. The standard InChI is InChI=1S/C26H25F3N2O3.C20H16F3N3O.C19H20BrF2NO2.C7H7BFNO3/c1-26(2,3)34-23(32)13-17(9-15-10-18(27)14-19(28)11-15)24-20(5-4-8-31-24)16-6-7-22(29)21(12-16)25(30)33;21-13-6-11(7-14(22)10-13)8-18(24)19-15(2-1-5-26-19)12-3-4-17(23)16(9-12)20(25)27;1-19(2,3)25-17(24)10-13(18-16(20)5-4-6-23-18)7-12-8-14(21)11-15(22)9-12;9-6-2-1-4(8(12)13)3-5(6)7(10)11/h4-8,10-12,14,17H,9,13H2,1-3H3,(H2,30,33);1-7,9-10,18H,8,24H2,(H2,25,27);4-6,8-9,11,13H,7,10H2,1-3H3;1-3,12-13H,(H2,10,11)/t17-;18-;13-;/m101./s1. The minimum Gasteiger partial charge on any atom is -0.460 e. The fourth-order valence-corrected chi connectivity index (χ4v) is 10.7. The number of amides is 3. The summed E-state index contributed by atoms with van der Waals surface area (Å²) in [6.45, 7) is 10.6. The Morgan fingerprint density at radius 3 is 1.16 bits per heavy atom. The van der Waals surface area contributed by atoms with Gasteiger partial charge in [-0.15, -0.1) is 0 Å². The molecular weight excluding hydrogens is 1370 g/mol. The molecule has 9 rings (SSSR count). The van der Waals surface area contributed by atoms with E-state index in [1.807, 2.05) is 6.07 Å². The molecule has 0 aliphatic heterocycles. The van der Waals surface area contributed by atoms with Crippen LogP contribution in [0.4, 0.5) is 39.5 Å². The lowest BCUT2D eigenvalue weighted by Crippen LogP contribution is -2.31. The monoisotopic (exact) mass is 1440 g/mol. The molecule has 0 spiro atoms. The number of esters is 2. The summed E-state index contributed by atoms with van der Waals surface area (Å²) >= 11 is 3.43. The zero-order chi connectivity index (χ0) is 73.2. The van der Waals surface area contributed by atoms with E-state index in [1.165, 1.54) is 73.1 Å². The Balaban J connectivity index is 0.000000217. The molecular formula is C72H68BBrF9N7O9. The maximum atomic E-state index is 14.0. The van der Waals surface area contributed by atoms with Crippen LogP contribution in [0.25, 0.3) is 22.3 Å². The number of pyridine rings is 3. The summed E-state index contributed by atoms with van der Waals surface area (Å²) in [6, 6.07) is 30.3. The van der Waals surface area contributed by atoms with E-state index < -0.39 is 106 Å². The van der Waals surface area contributed by atoms with Crippen LogP contribution in [0.15, 0.2) is 169 Å². The average Bonchev–Trinajstić information content (AvgIpc) is 0.801. The van der Waals surface area contributed by atoms with Crippen LogP contribution in [0.1, 0.15) is 137 Å². The molecule has 0 radical (unpaired) electrons. The van der Waals surface area contributed by atoms with Crippen LogP contribution in [0.3, 0.4) is 0 Å². The van der Waals surface area contributed by atoms with Crippen molar-refractivity contribution in [1.82, 2.24) is 15.0 Å². The van der Waals surface area contributed by atoms with Crippen molar-refractivity contribution in [3.8, 4) is 22.3 Å². The first-order valence-electron chi connectivity index (χ1n) is 30.1. The van der Waals surface area contributed by atoms with Gasteiger partial charge in [-0.2, -0.15) is 0 Å². The van der Waals surface area contributed by atoms with E-state index in [0.29, 0.717) is 56.0 Å². The molecule has 16 nitrogen and oxygen atoms in total. The first kappa shape index (κ1) is 77.9. The first-order chi connectivity index (χ1) is 46.4. The van der Waals surface area contributed by atoms with Gasteiger partial charge in [-0.3, -0.25) is 38.9 Å². The molecule has 0 aliphatic rings. The van der Waals surface area contributed by atoms with Crippen molar-refractivity contribution >= 4 is 58.2 Å². The molecule has 0 bridgehead atoms. The number of halogens is 10. The third-order valence-corrected chi connectivity index (χ3v) is 14.8. The van der Waals surface area contributed by atoms with Crippen LogP contribution in [0, 0.1) is 52.4 Å². The molecule has 6 aromatic carbocycles. The van der Waals surface area contributed by atoms with E-state index in [4.69, 9.17) is 42.5 Å². The Hall–Kier alpha value is -10.1. The fourth-order valence-electron chi connectivity index (χ4n) is 10.1. The largest absolute Gasteiger partial charge is 0.488 e. The minimum atomic E-state index is -1.74. The predicted molar refractivity (Wildman–Crippen MR) is 356 cm³/mol. The SMILES string of the molecule is CC(C)(C)OC(=O)C[C@@H](Cc1cc(F)cc(F)c1)c1ncccc1-c1ccc(F)c(C(N)=O)c1.CC(C)(C)OC(=O)C[C@@H](Cc1cc(F)cc(F)c1)c1ncccc1Br.NC(=O)c1cc(-c2cccnc2[C@@H](N)Cc2cc(F)cc(F)c2)ccc1F.NC(=O)c1cc(B(O)O)ccc1F. The molecule has 10 N–H and O–H groups in total. The molecule has 0 aliphatic carbocycles. The summed E-state index contributed by atoms with van der Waals surface area (Å²) in [4.78, 5) is 71.7. The lowest BCUT2D eigenvalue weighted by atomic mass is 9.79. The van der Waals surface area contributed by atoms with E-state index in [0.717, 1.165) is 53.0 Å². The van der Waals surface area contributed by atoms with Gasteiger partial charge in [0.05, 0.1) is 52.7 Å². The van der Waals surface area contributed by atoms with Crippen molar-refractivity contribution in [2.45, 2.75) is 103 Å². The second-order valence-corrected chi connectivity index (χ2v) is 25.2. The van der Waals surface area contributed by atoms with Crippen LogP contribution in [-0.4, -0.2) is 73.0 Å². The van der Waals surface area contributed by atoms with Crippen LogP contribution in [0.2, 0.25) is 0 Å². The van der Waals surface area contributed by atoms with Gasteiger partial charge in [-0.1, -0.05) is 30.3 Å². The zero-order valence-electron chi connectivity index (χ0n) is 54.1. The highest BCUT2D eigenvalue weighted by molar-refractivity contribution is 9.10. The Labute approximate surface area is 572 Å². The lowest BCUT2D eigenvalue weighted by Gasteiger charge is -2.23. The second-order valence-electron chi connectivity index (χ2n) is 24.4. The molecule has 0 saturated heterocycles. The van der Waals surface area contributed by atoms with Crippen molar-refractivity contribution in [2.24, 2.45) is 22.9 Å².